The van der Waals surface area contributed by atoms with Crippen molar-refractivity contribution in [2.24, 2.45) is 0 Å². The first-order chi connectivity index (χ1) is 18.0. The Kier molecular flexibility index (Phi) is 8.94. The third-order valence-electron chi connectivity index (χ3n) is 5.69. The van der Waals surface area contributed by atoms with Gasteiger partial charge in [-0.3, -0.25) is 19.7 Å². The van der Waals surface area contributed by atoms with Gasteiger partial charge in [0.2, 0.25) is 0 Å². The van der Waals surface area contributed by atoms with Gasteiger partial charge in [0.15, 0.2) is 23.0 Å². The van der Waals surface area contributed by atoms with E-state index < -0.39 is 23.4 Å². The van der Waals surface area contributed by atoms with E-state index >= 15 is 0 Å². The molecule has 0 spiro atoms. The number of esters is 1. The number of hydrogen-bond donors (Lipinski definition) is 2. The molecule has 37 heavy (non-hydrogen) atoms. The average Bonchev–Trinajstić information content (AvgIpc) is 3.60. The molecule has 3 aromatic rings. The molecule has 1 fully saturated rings. The van der Waals surface area contributed by atoms with Crippen LogP contribution in [0.15, 0.2) is 42.6 Å². The van der Waals surface area contributed by atoms with Crippen LogP contribution in [0.2, 0.25) is 0 Å². The monoisotopic (exact) mass is 527 g/mol. The van der Waals surface area contributed by atoms with Gasteiger partial charge in [-0.1, -0.05) is 23.5 Å². The van der Waals surface area contributed by atoms with Gasteiger partial charge in [-0.2, -0.15) is 0 Å². The van der Waals surface area contributed by atoms with E-state index in [-0.39, 0.29) is 37.4 Å². The molecule has 194 valence electrons. The molecule has 0 saturated carbocycles. The smallest absolute Gasteiger partial charge is 0.313 e. The number of aliphatic hydroxyl groups is 1. The first kappa shape index (κ1) is 26.4. The molecule has 0 aliphatic carbocycles. The second-order valence-corrected chi connectivity index (χ2v) is 9.31. The molecule has 0 unspecified atom stereocenters. The topological polar surface area (TPSA) is 118 Å². The molecule has 1 aromatic heterocycles. The average molecular weight is 528 g/mol. The number of benzene rings is 2. The minimum Gasteiger partial charge on any atom is -0.423 e. The number of halogens is 1. The van der Waals surface area contributed by atoms with Gasteiger partial charge in [0.05, 0.1) is 36.7 Å². The number of hydrogen-bond acceptors (Lipinski definition) is 9. The summed E-state index contributed by atoms with van der Waals surface area (Å²) in [5, 5.41) is 11.6. The maximum absolute atomic E-state index is 14.7. The molecule has 9 nitrogen and oxygen atoms in total. The standard InChI is InChI=1S/C26H26FN3O6S/c27-21-14-18(12-19(16-32)24(21)36-23(33)6-10-35-11-9-31)25(34)29-26-28-15-22(37-26)17-4-3-5-20(13-17)30-7-1-2-8-30/h3-5,12-16,31H,1-2,6-11H2,(H,28,29,34). The lowest BCUT2D eigenvalue weighted by Gasteiger charge is -2.18. The zero-order chi connectivity index (χ0) is 26.2. The molecule has 11 heteroatoms. The number of amides is 1. The van der Waals surface area contributed by atoms with E-state index in [4.69, 9.17) is 14.6 Å². The van der Waals surface area contributed by atoms with Crippen LogP contribution in [-0.4, -0.2) is 61.2 Å². The van der Waals surface area contributed by atoms with Gasteiger partial charge < -0.3 is 19.5 Å². The summed E-state index contributed by atoms with van der Waals surface area (Å²) in [4.78, 5) is 43.7. The Morgan fingerprint density at radius 1 is 1.19 bits per heavy atom. The lowest BCUT2D eigenvalue weighted by atomic mass is 10.1. The number of aromatic nitrogens is 1. The third-order valence-corrected chi connectivity index (χ3v) is 6.65. The number of nitrogens with zero attached hydrogens (tertiary/aromatic N) is 2. The van der Waals surface area contributed by atoms with E-state index in [0.29, 0.717) is 11.4 Å². The second-order valence-electron chi connectivity index (χ2n) is 8.28. The number of nitrogens with one attached hydrogen (secondary N) is 1. The summed E-state index contributed by atoms with van der Waals surface area (Å²) in [5.74, 6) is -3.07. The van der Waals surface area contributed by atoms with E-state index in [1.165, 1.54) is 24.2 Å². The zero-order valence-corrected chi connectivity index (χ0v) is 20.8. The molecule has 4 rings (SSSR count). The number of rotatable bonds is 11. The number of carbonyl (C=O) groups excluding carboxylic acids is 3. The highest BCUT2D eigenvalue weighted by atomic mass is 32.1. The van der Waals surface area contributed by atoms with Crippen molar-refractivity contribution in [1.82, 2.24) is 4.98 Å². The summed E-state index contributed by atoms with van der Waals surface area (Å²) >= 11 is 1.28. The van der Waals surface area contributed by atoms with Gasteiger partial charge in [0.25, 0.3) is 5.91 Å². The van der Waals surface area contributed by atoms with Crippen molar-refractivity contribution in [3.05, 3.63) is 59.5 Å². The summed E-state index contributed by atoms with van der Waals surface area (Å²) in [6.45, 7) is 1.89. The number of carbonyl (C=O) groups is 3. The number of thiazole rings is 1. The quantitative estimate of drug-likeness (QED) is 0.167. The first-order valence-electron chi connectivity index (χ1n) is 11.8. The van der Waals surface area contributed by atoms with E-state index in [0.717, 1.165) is 41.4 Å². The van der Waals surface area contributed by atoms with Crippen molar-refractivity contribution >= 4 is 40.3 Å². The van der Waals surface area contributed by atoms with Crippen molar-refractivity contribution in [2.45, 2.75) is 19.3 Å². The van der Waals surface area contributed by atoms with E-state index in [1.54, 1.807) is 6.20 Å². The van der Waals surface area contributed by atoms with Crippen LogP contribution in [0.5, 0.6) is 5.75 Å². The SMILES string of the molecule is O=Cc1cc(C(=O)Nc2ncc(-c3cccc(N4CCCC4)c3)s2)cc(F)c1OC(=O)CCOCCO. The highest BCUT2D eigenvalue weighted by molar-refractivity contribution is 7.19. The lowest BCUT2D eigenvalue weighted by Crippen LogP contribution is -2.17. The Bertz CT molecular complexity index is 1270. The van der Waals surface area contributed by atoms with Crippen LogP contribution in [0, 0.1) is 5.82 Å². The molecule has 0 bridgehead atoms. The molecule has 1 aliphatic heterocycles. The summed E-state index contributed by atoms with van der Waals surface area (Å²) in [6.07, 6.45) is 4.12. The highest BCUT2D eigenvalue weighted by Gasteiger charge is 2.20. The first-order valence-corrected chi connectivity index (χ1v) is 12.6. The van der Waals surface area contributed by atoms with Gasteiger partial charge in [-0.15, -0.1) is 0 Å². The maximum Gasteiger partial charge on any atom is 0.313 e. The van der Waals surface area contributed by atoms with Crippen molar-refractivity contribution in [2.75, 3.05) is 43.1 Å². The molecule has 2 N–H and O–H groups in total. The normalized spacial score (nSPS) is 13.0. The molecular formula is C26H26FN3O6S. The Balaban J connectivity index is 1.43. The fourth-order valence-electron chi connectivity index (χ4n) is 3.89. The van der Waals surface area contributed by atoms with Crippen LogP contribution < -0.4 is 15.0 Å². The predicted molar refractivity (Wildman–Crippen MR) is 137 cm³/mol. The fourth-order valence-corrected chi connectivity index (χ4v) is 4.70. The molecule has 0 atom stereocenters. The predicted octanol–water partition coefficient (Wildman–Crippen LogP) is 3.92. The zero-order valence-electron chi connectivity index (χ0n) is 19.9. The van der Waals surface area contributed by atoms with Crippen molar-refractivity contribution < 1.29 is 33.4 Å². The van der Waals surface area contributed by atoms with Gasteiger partial charge in [0, 0.05) is 30.5 Å². The molecule has 1 saturated heterocycles. The van der Waals surface area contributed by atoms with Crippen molar-refractivity contribution in [3.8, 4) is 16.2 Å². The van der Waals surface area contributed by atoms with Gasteiger partial charge in [0.1, 0.15) is 0 Å². The molecule has 2 aromatic carbocycles. The maximum atomic E-state index is 14.7. The highest BCUT2D eigenvalue weighted by Crippen LogP contribution is 2.33. The van der Waals surface area contributed by atoms with E-state index in [2.05, 4.69) is 27.3 Å². The minimum absolute atomic E-state index is 0.0315. The molecule has 0 radical (unpaired) electrons. The summed E-state index contributed by atoms with van der Waals surface area (Å²) in [6, 6.07) is 10.2. The minimum atomic E-state index is -1.03. The van der Waals surface area contributed by atoms with Crippen molar-refractivity contribution in [3.63, 3.8) is 0 Å². The van der Waals surface area contributed by atoms with Crippen molar-refractivity contribution in [1.29, 1.82) is 0 Å². The number of aliphatic hydroxyl groups excluding tert-OH is 1. The summed E-state index contributed by atoms with van der Waals surface area (Å²) in [7, 11) is 0. The number of anilines is 2. The summed E-state index contributed by atoms with van der Waals surface area (Å²) in [5.41, 5.74) is 1.71. The Hall–Kier alpha value is -3.67. The summed E-state index contributed by atoms with van der Waals surface area (Å²) < 4.78 is 24.6. The Morgan fingerprint density at radius 3 is 2.76 bits per heavy atom. The third kappa shape index (κ3) is 6.76. The lowest BCUT2D eigenvalue weighted by molar-refractivity contribution is -0.135. The molecule has 2 heterocycles. The second kappa shape index (κ2) is 12.5. The van der Waals surface area contributed by atoms with Crippen LogP contribution in [-0.2, 0) is 9.53 Å². The van der Waals surface area contributed by atoms with Crippen LogP contribution in [0.4, 0.5) is 15.2 Å². The van der Waals surface area contributed by atoms with Gasteiger partial charge in [-0.25, -0.2) is 9.37 Å². The number of aldehydes is 1. The Labute approximate surface area is 216 Å². The van der Waals surface area contributed by atoms with E-state index in [9.17, 15) is 18.8 Å². The van der Waals surface area contributed by atoms with Gasteiger partial charge in [-0.05, 0) is 42.7 Å². The van der Waals surface area contributed by atoms with Gasteiger partial charge >= 0.3 is 5.97 Å². The molecule has 1 aliphatic rings. The van der Waals surface area contributed by atoms with Crippen LogP contribution in [0.25, 0.3) is 10.4 Å². The molecule has 1 amide bonds. The fraction of sp³-hybridized carbons (Fsp3) is 0.308. The van der Waals surface area contributed by atoms with Crippen LogP contribution in [0.1, 0.15) is 40.0 Å². The van der Waals surface area contributed by atoms with Crippen LogP contribution >= 0.6 is 11.3 Å². The largest absolute Gasteiger partial charge is 0.423 e. The molecular weight excluding hydrogens is 501 g/mol. The number of ether oxygens (including phenoxy) is 2. The van der Waals surface area contributed by atoms with E-state index in [1.807, 2.05) is 12.1 Å². The van der Waals surface area contributed by atoms with Crippen LogP contribution in [0.3, 0.4) is 0 Å². The Morgan fingerprint density at radius 2 is 2.00 bits per heavy atom.